The van der Waals surface area contributed by atoms with Gasteiger partial charge >= 0.3 is 0 Å². The predicted molar refractivity (Wildman–Crippen MR) is 53.7 cm³/mol. The van der Waals surface area contributed by atoms with E-state index < -0.39 is 11.7 Å². The highest BCUT2D eigenvalue weighted by Gasteiger charge is 2.39. The monoisotopic (exact) mass is 203 g/mol. The summed E-state index contributed by atoms with van der Waals surface area (Å²) in [5.74, 6) is -1.96. The van der Waals surface area contributed by atoms with Crippen molar-refractivity contribution >= 4 is 23.7 Å². The topological polar surface area (TPSA) is 54.5 Å². The SMILES string of the molecule is CN1C(=O)C(C(=O)C=O)c2ccccc21. The molecule has 0 fully saturated rings. The van der Waals surface area contributed by atoms with E-state index >= 15 is 0 Å². The fourth-order valence-corrected chi connectivity index (χ4v) is 1.83. The van der Waals surface area contributed by atoms with Crippen molar-refractivity contribution in [2.45, 2.75) is 5.92 Å². The minimum Gasteiger partial charge on any atom is -0.314 e. The molecule has 4 heteroatoms. The van der Waals surface area contributed by atoms with Gasteiger partial charge in [0.15, 0.2) is 6.29 Å². The minimum atomic E-state index is -0.941. The van der Waals surface area contributed by atoms with E-state index in [1.807, 2.05) is 0 Å². The van der Waals surface area contributed by atoms with Gasteiger partial charge in [-0.3, -0.25) is 14.4 Å². The Bertz CT molecular complexity index is 453. The summed E-state index contributed by atoms with van der Waals surface area (Å²) in [7, 11) is 1.60. The maximum absolute atomic E-state index is 11.7. The zero-order chi connectivity index (χ0) is 11.0. The maximum atomic E-state index is 11.7. The van der Waals surface area contributed by atoms with Crippen molar-refractivity contribution in [3.05, 3.63) is 29.8 Å². The first kappa shape index (κ1) is 9.58. The first-order valence-corrected chi connectivity index (χ1v) is 4.52. The molecule has 1 heterocycles. The number of likely N-dealkylation sites (N-methyl/N-ethyl adjacent to an activating group) is 1. The van der Waals surface area contributed by atoms with Crippen LogP contribution in [0.1, 0.15) is 11.5 Å². The van der Waals surface area contributed by atoms with E-state index in [-0.39, 0.29) is 12.2 Å². The van der Waals surface area contributed by atoms with Crippen molar-refractivity contribution < 1.29 is 14.4 Å². The van der Waals surface area contributed by atoms with Crippen LogP contribution < -0.4 is 4.90 Å². The van der Waals surface area contributed by atoms with Gasteiger partial charge in [-0.05, 0) is 11.6 Å². The number of para-hydroxylation sites is 1. The summed E-state index contributed by atoms with van der Waals surface area (Å²) < 4.78 is 0. The molecule has 1 aliphatic rings. The Kier molecular flexibility index (Phi) is 2.11. The number of anilines is 1. The summed E-state index contributed by atoms with van der Waals surface area (Å²) >= 11 is 0. The van der Waals surface area contributed by atoms with Crippen molar-refractivity contribution in [1.29, 1.82) is 0 Å². The maximum Gasteiger partial charge on any atom is 0.242 e. The van der Waals surface area contributed by atoms with E-state index in [1.54, 1.807) is 31.3 Å². The van der Waals surface area contributed by atoms with Crippen LogP contribution >= 0.6 is 0 Å². The van der Waals surface area contributed by atoms with Crippen LogP contribution in [-0.4, -0.2) is 25.0 Å². The van der Waals surface area contributed by atoms with Crippen LogP contribution in [0.5, 0.6) is 0 Å². The summed E-state index contributed by atoms with van der Waals surface area (Å²) in [6.45, 7) is 0. The summed E-state index contributed by atoms with van der Waals surface area (Å²) in [6.07, 6.45) is 0.207. The number of benzene rings is 1. The molecular formula is C11H9NO3. The predicted octanol–water partition coefficient (Wildman–Crippen LogP) is 0.515. The molecule has 0 saturated heterocycles. The lowest BCUT2D eigenvalue weighted by atomic mass is 9.97. The second-order valence-electron chi connectivity index (χ2n) is 3.41. The molecular weight excluding hydrogens is 194 g/mol. The summed E-state index contributed by atoms with van der Waals surface area (Å²) in [4.78, 5) is 34.9. The van der Waals surface area contributed by atoms with Crippen LogP contribution in [0.15, 0.2) is 24.3 Å². The fraction of sp³-hybridized carbons (Fsp3) is 0.182. The molecule has 1 amide bonds. The van der Waals surface area contributed by atoms with Crippen LogP contribution in [0, 0.1) is 0 Å². The average Bonchev–Trinajstić information content (AvgIpc) is 2.52. The van der Waals surface area contributed by atoms with E-state index in [4.69, 9.17) is 0 Å². The Morgan fingerprint density at radius 3 is 2.73 bits per heavy atom. The van der Waals surface area contributed by atoms with Gasteiger partial charge in [-0.1, -0.05) is 18.2 Å². The van der Waals surface area contributed by atoms with Crippen molar-refractivity contribution in [2.24, 2.45) is 0 Å². The van der Waals surface area contributed by atoms with Crippen molar-refractivity contribution in [3.63, 3.8) is 0 Å². The van der Waals surface area contributed by atoms with Crippen molar-refractivity contribution in [1.82, 2.24) is 0 Å². The number of rotatable bonds is 2. The minimum absolute atomic E-state index is 0.207. The number of hydrogen-bond donors (Lipinski definition) is 0. The lowest BCUT2D eigenvalue weighted by Gasteiger charge is -2.08. The van der Waals surface area contributed by atoms with Gasteiger partial charge in [-0.15, -0.1) is 0 Å². The number of ketones is 1. The quantitative estimate of drug-likeness (QED) is 0.400. The van der Waals surface area contributed by atoms with Crippen LogP contribution in [0.25, 0.3) is 0 Å². The Hall–Kier alpha value is -1.97. The number of hydrogen-bond acceptors (Lipinski definition) is 3. The number of carbonyl (C=O) groups is 3. The van der Waals surface area contributed by atoms with Crippen molar-refractivity contribution in [3.8, 4) is 0 Å². The van der Waals surface area contributed by atoms with Gasteiger partial charge in [-0.25, -0.2) is 0 Å². The number of nitrogens with zero attached hydrogens (tertiary/aromatic N) is 1. The number of carbonyl (C=O) groups excluding carboxylic acids is 3. The number of Topliss-reactive ketones (excluding diaryl/α,β-unsaturated/α-hetero) is 1. The van der Waals surface area contributed by atoms with E-state index in [2.05, 4.69) is 0 Å². The molecule has 0 bridgehead atoms. The van der Waals surface area contributed by atoms with Crippen LogP contribution in [0.3, 0.4) is 0 Å². The van der Waals surface area contributed by atoms with Gasteiger partial charge in [0.25, 0.3) is 0 Å². The van der Waals surface area contributed by atoms with E-state index in [0.717, 1.165) is 0 Å². The van der Waals surface area contributed by atoms with Crippen LogP contribution in [-0.2, 0) is 14.4 Å². The van der Waals surface area contributed by atoms with E-state index in [1.165, 1.54) is 4.90 Å². The summed E-state index contributed by atoms with van der Waals surface area (Å²) in [6, 6.07) is 6.99. The molecule has 0 saturated carbocycles. The number of fused-ring (bicyclic) bond motifs is 1. The molecule has 0 aliphatic carbocycles. The van der Waals surface area contributed by atoms with Gasteiger partial charge < -0.3 is 4.90 Å². The molecule has 4 nitrogen and oxygen atoms in total. The third-order valence-corrected chi connectivity index (χ3v) is 2.59. The molecule has 1 aromatic carbocycles. The molecule has 0 radical (unpaired) electrons. The first-order valence-electron chi connectivity index (χ1n) is 4.52. The lowest BCUT2D eigenvalue weighted by molar-refractivity contribution is -0.134. The Balaban J connectivity index is 2.56. The molecule has 1 atom stereocenters. The highest BCUT2D eigenvalue weighted by atomic mass is 16.2. The zero-order valence-corrected chi connectivity index (χ0v) is 8.14. The third-order valence-electron chi connectivity index (χ3n) is 2.59. The second-order valence-corrected chi connectivity index (χ2v) is 3.41. The van der Waals surface area contributed by atoms with Crippen LogP contribution in [0.4, 0.5) is 5.69 Å². The molecule has 0 aromatic heterocycles. The Morgan fingerprint density at radius 1 is 1.40 bits per heavy atom. The average molecular weight is 203 g/mol. The zero-order valence-electron chi connectivity index (χ0n) is 8.14. The molecule has 1 aliphatic heterocycles. The van der Waals surface area contributed by atoms with Gasteiger partial charge in [0.05, 0.1) is 0 Å². The molecule has 1 unspecified atom stereocenters. The molecule has 0 spiro atoms. The van der Waals surface area contributed by atoms with Crippen LogP contribution in [0.2, 0.25) is 0 Å². The van der Waals surface area contributed by atoms with Gasteiger partial charge in [0.1, 0.15) is 5.92 Å². The summed E-state index contributed by atoms with van der Waals surface area (Å²) in [5.41, 5.74) is 1.31. The Morgan fingerprint density at radius 2 is 2.07 bits per heavy atom. The molecule has 1 aromatic rings. The fourth-order valence-electron chi connectivity index (χ4n) is 1.83. The van der Waals surface area contributed by atoms with E-state index in [9.17, 15) is 14.4 Å². The second kappa shape index (κ2) is 3.31. The lowest BCUT2D eigenvalue weighted by Crippen LogP contribution is -2.28. The summed E-state index contributed by atoms with van der Waals surface area (Å²) in [5, 5.41) is 0. The highest BCUT2D eigenvalue weighted by Crippen LogP contribution is 2.36. The van der Waals surface area contributed by atoms with Gasteiger partial charge in [-0.2, -0.15) is 0 Å². The molecule has 76 valence electrons. The largest absolute Gasteiger partial charge is 0.314 e. The smallest absolute Gasteiger partial charge is 0.242 e. The third kappa shape index (κ3) is 1.26. The first-order chi connectivity index (χ1) is 7.16. The normalized spacial score (nSPS) is 18.9. The van der Waals surface area contributed by atoms with E-state index in [0.29, 0.717) is 11.3 Å². The number of amides is 1. The van der Waals surface area contributed by atoms with Crippen molar-refractivity contribution in [2.75, 3.05) is 11.9 Å². The van der Waals surface area contributed by atoms with Gasteiger partial charge in [0, 0.05) is 12.7 Å². The molecule has 0 N–H and O–H groups in total. The molecule has 15 heavy (non-hydrogen) atoms. The highest BCUT2D eigenvalue weighted by molar-refractivity contribution is 6.36. The number of aldehydes is 1. The van der Waals surface area contributed by atoms with Gasteiger partial charge in [0.2, 0.25) is 11.7 Å². The molecule has 2 rings (SSSR count). The standard InChI is InChI=1S/C11H9NO3/c1-12-8-5-3-2-4-7(8)10(11(12)15)9(14)6-13/h2-6,10H,1H3. The Labute approximate surface area is 86.5 Å².